The highest BCUT2D eigenvalue weighted by molar-refractivity contribution is 5.94. The zero-order chi connectivity index (χ0) is 25.5. The lowest BCUT2D eigenvalue weighted by atomic mass is 9.96. The largest absolute Gasteiger partial charge is 0.384 e. The maximum atomic E-state index is 5.42. The van der Waals surface area contributed by atoms with E-state index in [-0.39, 0.29) is 5.92 Å². The molecule has 2 unspecified atom stereocenters. The Morgan fingerprint density at radius 2 is 2.00 bits per heavy atom. The van der Waals surface area contributed by atoms with Crippen molar-refractivity contribution in [3.63, 3.8) is 0 Å². The van der Waals surface area contributed by atoms with Gasteiger partial charge in [0.2, 0.25) is 0 Å². The molecular weight excluding hydrogens is 450 g/mol. The third-order valence-corrected chi connectivity index (χ3v) is 7.08. The van der Waals surface area contributed by atoms with Crippen LogP contribution in [0.25, 0.3) is 22.3 Å². The van der Waals surface area contributed by atoms with E-state index in [0.29, 0.717) is 18.3 Å². The monoisotopic (exact) mass is 489 g/mol. The second-order valence-electron chi connectivity index (χ2n) is 9.40. The zero-order valence-electron chi connectivity index (χ0n) is 22.2. The number of nitrogens with zero attached hydrogens (tertiary/aromatic N) is 5. The van der Waals surface area contributed by atoms with Crippen molar-refractivity contribution >= 4 is 22.5 Å². The Morgan fingerprint density at radius 3 is 2.69 bits per heavy atom. The highest BCUT2D eigenvalue weighted by atomic mass is 16.5. The molecule has 0 aromatic carbocycles. The Labute approximate surface area is 214 Å². The minimum Gasteiger partial charge on any atom is -0.384 e. The van der Waals surface area contributed by atoms with Gasteiger partial charge in [-0.3, -0.25) is 4.98 Å². The summed E-state index contributed by atoms with van der Waals surface area (Å²) in [6, 6.07) is 4.00. The maximum absolute atomic E-state index is 5.42. The first-order valence-electron chi connectivity index (χ1n) is 13.1. The molecule has 0 aliphatic carbocycles. The molecule has 0 amide bonds. The predicted molar refractivity (Wildman–Crippen MR) is 147 cm³/mol. The van der Waals surface area contributed by atoms with Gasteiger partial charge in [-0.05, 0) is 43.4 Å². The number of piperazine rings is 1. The summed E-state index contributed by atoms with van der Waals surface area (Å²) in [4.78, 5) is 21.7. The lowest BCUT2D eigenvalue weighted by Crippen LogP contribution is -2.44. The summed E-state index contributed by atoms with van der Waals surface area (Å²) in [7, 11) is 1.74. The minimum absolute atomic E-state index is 0.284. The Balaban J connectivity index is 1.77. The standard InChI is InChI=1S/C28H39N7O/c1-6-19(4)22-16-30-17-24-26(22)28(35-13-11-29-12-14-35)34-27(33-24)21-9-10-31-25(15-21)32-23(8-3)20(7-2)18-36-5/h8-10,15-17,19-20,29H,6-7,11-14,18H2,1-5H3,(H,31,32)/b23-8-. The van der Waals surface area contributed by atoms with Gasteiger partial charge < -0.3 is 20.3 Å². The topological polar surface area (TPSA) is 88.1 Å². The summed E-state index contributed by atoms with van der Waals surface area (Å²) in [6.07, 6.45) is 9.79. The number of pyridine rings is 2. The van der Waals surface area contributed by atoms with Gasteiger partial charge in [-0.2, -0.15) is 0 Å². The van der Waals surface area contributed by atoms with Crippen LogP contribution in [0, 0.1) is 5.92 Å². The number of allylic oxidation sites excluding steroid dienone is 1. The van der Waals surface area contributed by atoms with Gasteiger partial charge >= 0.3 is 0 Å². The average Bonchev–Trinajstić information content (AvgIpc) is 2.94. The normalized spacial score (nSPS) is 16.2. The van der Waals surface area contributed by atoms with Crippen molar-refractivity contribution in [1.29, 1.82) is 0 Å². The van der Waals surface area contributed by atoms with E-state index < -0.39 is 0 Å². The highest BCUT2D eigenvalue weighted by Gasteiger charge is 2.22. The third-order valence-electron chi connectivity index (χ3n) is 7.08. The molecule has 2 atom stereocenters. The van der Waals surface area contributed by atoms with Crippen molar-refractivity contribution in [2.24, 2.45) is 5.92 Å². The first-order chi connectivity index (χ1) is 17.6. The van der Waals surface area contributed by atoms with Crippen molar-refractivity contribution < 1.29 is 4.74 Å². The molecule has 36 heavy (non-hydrogen) atoms. The predicted octanol–water partition coefficient (Wildman–Crippen LogP) is 5.00. The molecule has 3 aromatic heterocycles. The molecule has 1 aliphatic rings. The molecule has 1 fully saturated rings. The number of methoxy groups -OCH3 is 1. The van der Waals surface area contributed by atoms with E-state index in [2.05, 4.69) is 52.3 Å². The fraction of sp³-hybridized carbons (Fsp3) is 0.500. The molecule has 192 valence electrons. The molecule has 8 heteroatoms. The number of hydrogen-bond acceptors (Lipinski definition) is 8. The van der Waals surface area contributed by atoms with Gasteiger partial charge in [0.15, 0.2) is 5.82 Å². The van der Waals surface area contributed by atoms with Gasteiger partial charge in [-0.25, -0.2) is 15.0 Å². The van der Waals surface area contributed by atoms with Crippen molar-refractivity contribution in [2.75, 3.05) is 50.1 Å². The fourth-order valence-corrected chi connectivity index (χ4v) is 4.74. The summed E-state index contributed by atoms with van der Waals surface area (Å²) < 4.78 is 5.42. The molecule has 0 spiro atoms. The fourth-order valence-electron chi connectivity index (χ4n) is 4.74. The average molecular weight is 490 g/mol. The van der Waals surface area contributed by atoms with Crippen LogP contribution in [0.4, 0.5) is 11.6 Å². The van der Waals surface area contributed by atoms with Crippen LogP contribution in [-0.2, 0) is 4.74 Å². The Hall–Kier alpha value is -3.10. The van der Waals surface area contributed by atoms with Gasteiger partial charge in [-0.1, -0.05) is 26.8 Å². The summed E-state index contributed by atoms with van der Waals surface area (Å²) >= 11 is 0. The van der Waals surface area contributed by atoms with E-state index in [1.807, 2.05) is 37.6 Å². The van der Waals surface area contributed by atoms with Crippen molar-refractivity contribution in [1.82, 2.24) is 25.3 Å². The third kappa shape index (κ3) is 5.65. The van der Waals surface area contributed by atoms with Crippen LogP contribution in [0.1, 0.15) is 52.0 Å². The van der Waals surface area contributed by atoms with Crippen molar-refractivity contribution in [3.05, 3.63) is 48.1 Å². The smallest absolute Gasteiger partial charge is 0.162 e. The molecule has 1 aliphatic heterocycles. The molecule has 3 aromatic rings. The molecule has 1 saturated heterocycles. The molecule has 0 radical (unpaired) electrons. The number of rotatable bonds is 10. The van der Waals surface area contributed by atoms with E-state index in [9.17, 15) is 0 Å². The number of nitrogens with one attached hydrogen (secondary N) is 2. The quantitative estimate of drug-likeness (QED) is 0.411. The zero-order valence-corrected chi connectivity index (χ0v) is 22.2. The number of hydrogen-bond donors (Lipinski definition) is 2. The van der Waals surface area contributed by atoms with Gasteiger partial charge in [0.05, 0.1) is 18.3 Å². The van der Waals surface area contributed by atoms with Gasteiger partial charge in [0.25, 0.3) is 0 Å². The minimum atomic E-state index is 0.284. The summed E-state index contributed by atoms with van der Waals surface area (Å²) in [5.74, 6) is 3.13. The lowest BCUT2D eigenvalue weighted by molar-refractivity contribution is 0.164. The highest BCUT2D eigenvalue weighted by Crippen LogP contribution is 2.34. The second kappa shape index (κ2) is 12.2. The molecule has 4 heterocycles. The Morgan fingerprint density at radius 1 is 1.19 bits per heavy atom. The summed E-state index contributed by atoms with van der Waals surface area (Å²) in [6.45, 7) is 13.1. The van der Waals surface area contributed by atoms with E-state index in [4.69, 9.17) is 14.7 Å². The Bertz CT molecular complexity index is 1190. The summed E-state index contributed by atoms with van der Waals surface area (Å²) in [5, 5.41) is 8.08. The van der Waals surface area contributed by atoms with Crippen LogP contribution in [0.3, 0.4) is 0 Å². The van der Waals surface area contributed by atoms with Crippen molar-refractivity contribution in [3.8, 4) is 11.4 Å². The Kier molecular flexibility index (Phi) is 8.83. The van der Waals surface area contributed by atoms with Gasteiger partial charge in [0, 0.05) is 68.2 Å². The van der Waals surface area contributed by atoms with Crippen LogP contribution in [0.15, 0.2) is 42.5 Å². The van der Waals surface area contributed by atoms with Gasteiger partial charge in [0.1, 0.15) is 11.6 Å². The van der Waals surface area contributed by atoms with Crippen LogP contribution in [0.2, 0.25) is 0 Å². The molecule has 0 saturated carbocycles. The van der Waals surface area contributed by atoms with Crippen LogP contribution in [0.5, 0.6) is 0 Å². The number of ether oxygens (including phenoxy) is 1. The summed E-state index contributed by atoms with van der Waals surface area (Å²) in [5.41, 5.74) is 4.13. The second-order valence-corrected chi connectivity index (χ2v) is 9.40. The van der Waals surface area contributed by atoms with E-state index in [0.717, 1.165) is 72.8 Å². The number of anilines is 2. The maximum Gasteiger partial charge on any atom is 0.162 e. The molecular formula is C28H39N7O. The van der Waals surface area contributed by atoms with Gasteiger partial charge in [-0.15, -0.1) is 0 Å². The van der Waals surface area contributed by atoms with E-state index in [1.165, 1.54) is 5.56 Å². The first kappa shape index (κ1) is 26.0. The van der Waals surface area contributed by atoms with E-state index >= 15 is 0 Å². The van der Waals surface area contributed by atoms with Crippen molar-refractivity contribution in [2.45, 2.75) is 46.5 Å². The van der Waals surface area contributed by atoms with Crippen LogP contribution >= 0.6 is 0 Å². The van der Waals surface area contributed by atoms with Crippen LogP contribution < -0.4 is 15.5 Å². The molecule has 8 nitrogen and oxygen atoms in total. The lowest BCUT2D eigenvalue weighted by Gasteiger charge is -2.30. The molecule has 2 N–H and O–H groups in total. The van der Waals surface area contributed by atoms with Crippen LogP contribution in [-0.4, -0.2) is 59.8 Å². The number of fused-ring (bicyclic) bond motifs is 1. The number of aromatic nitrogens is 4. The SMILES string of the molecule is C/C=C(\Nc1cc(-c2nc(N3CCNCC3)c3c(C(C)CC)cncc3n2)ccn1)C(CC)COC. The molecule has 0 bridgehead atoms. The molecule has 4 rings (SSSR count). The first-order valence-corrected chi connectivity index (χ1v) is 13.1. The van der Waals surface area contributed by atoms with E-state index in [1.54, 1.807) is 7.11 Å².